The Balaban J connectivity index is 1.79. The highest BCUT2D eigenvalue weighted by Crippen LogP contribution is 2.21. The SMILES string of the molecule is COc1ccc(S(=O)(=O)N(CC(C)C)CC(O)C(Cc2ccccc2)NC(=O)OCc2cncnc2)cc1. The first-order chi connectivity index (χ1) is 18.2. The summed E-state index contributed by atoms with van der Waals surface area (Å²) in [6, 6.07) is 14.6. The van der Waals surface area contributed by atoms with Crippen molar-refractivity contribution >= 4 is 16.1 Å². The number of aliphatic hydroxyl groups excluding tert-OH is 1. The average Bonchev–Trinajstić information content (AvgIpc) is 2.92. The van der Waals surface area contributed by atoms with E-state index in [1.54, 1.807) is 12.1 Å². The zero-order chi connectivity index (χ0) is 27.5. The van der Waals surface area contributed by atoms with Crippen molar-refractivity contribution in [2.24, 2.45) is 5.92 Å². The Hall–Kier alpha value is -3.54. The number of rotatable bonds is 13. The lowest BCUT2D eigenvalue weighted by molar-refractivity contribution is 0.0872. The molecule has 2 N–H and O–H groups in total. The largest absolute Gasteiger partial charge is 0.497 e. The maximum Gasteiger partial charge on any atom is 0.407 e. The number of nitrogens with one attached hydrogen (secondary N) is 1. The molecule has 3 rings (SSSR count). The number of ether oxygens (including phenoxy) is 2. The molecule has 38 heavy (non-hydrogen) atoms. The standard InChI is InChI=1S/C27H34N4O6S/c1-20(2)16-31(38(34,35)24-11-9-23(36-3)10-12-24)17-26(32)25(13-21-7-5-4-6-8-21)30-27(33)37-18-22-14-28-19-29-15-22/h4-12,14-15,19-20,25-26,32H,13,16-18H2,1-3H3,(H,30,33). The van der Waals surface area contributed by atoms with Crippen LogP contribution in [-0.4, -0.2) is 66.2 Å². The van der Waals surface area contributed by atoms with Crippen molar-refractivity contribution in [1.29, 1.82) is 0 Å². The van der Waals surface area contributed by atoms with Gasteiger partial charge in [0.05, 0.1) is 24.2 Å². The molecule has 1 amide bonds. The molecule has 1 heterocycles. The number of benzene rings is 2. The van der Waals surface area contributed by atoms with E-state index in [4.69, 9.17) is 9.47 Å². The molecule has 0 fully saturated rings. The minimum atomic E-state index is -3.94. The lowest BCUT2D eigenvalue weighted by Crippen LogP contribution is -2.51. The Kier molecular flexibility index (Phi) is 10.6. The Bertz CT molecular complexity index is 1240. The number of hydrogen-bond acceptors (Lipinski definition) is 8. The zero-order valence-electron chi connectivity index (χ0n) is 21.7. The molecule has 0 aliphatic rings. The number of nitrogens with zero attached hydrogens (tertiary/aromatic N) is 3. The minimum Gasteiger partial charge on any atom is -0.497 e. The third-order valence-electron chi connectivity index (χ3n) is 5.71. The fraction of sp³-hybridized carbons (Fsp3) is 0.370. The number of sulfonamides is 1. The first-order valence-corrected chi connectivity index (χ1v) is 13.7. The lowest BCUT2D eigenvalue weighted by atomic mass is 10.0. The molecular formula is C27H34N4O6S. The van der Waals surface area contributed by atoms with E-state index in [9.17, 15) is 18.3 Å². The molecule has 2 aromatic carbocycles. The highest BCUT2D eigenvalue weighted by molar-refractivity contribution is 7.89. The fourth-order valence-electron chi connectivity index (χ4n) is 3.81. The molecule has 204 valence electrons. The summed E-state index contributed by atoms with van der Waals surface area (Å²) in [6.45, 7) is 3.70. The molecule has 0 aliphatic heterocycles. The van der Waals surface area contributed by atoms with Crippen LogP contribution in [0.2, 0.25) is 0 Å². The van der Waals surface area contributed by atoms with Gasteiger partial charge in [0, 0.05) is 31.0 Å². The van der Waals surface area contributed by atoms with Crippen LogP contribution in [0.4, 0.5) is 4.79 Å². The van der Waals surface area contributed by atoms with Gasteiger partial charge in [-0.1, -0.05) is 44.2 Å². The summed E-state index contributed by atoms with van der Waals surface area (Å²) in [5.41, 5.74) is 1.47. The van der Waals surface area contributed by atoms with Gasteiger partial charge in [0.2, 0.25) is 10.0 Å². The number of amides is 1. The van der Waals surface area contributed by atoms with Crippen LogP contribution in [0.5, 0.6) is 5.75 Å². The summed E-state index contributed by atoms with van der Waals surface area (Å²) in [5, 5.41) is 14.0. The van der Waals surface area contributed by atoms with Gasteiger partial charge in [-0.25, -0.2) is 23.2 Å². The molecule has 3 aromatic rings. The van der Waals surface area contributed by atoms with Crippen molar-refractivity contribution in [2.75, 3.05) is 20.2 Å². The van der Waals surface area contributed by atoms with Crippen LogP contribution < -0.4 is 10.1 Å². The Morgan fingerprint density at radius 2 is 1.66 bits per heavy atom. The van der Waals surface area contributed by atoms with E-state index < -0.39 is 28.3 Å². The van der Waals surface area contributed by atoms with Crippen LogP contribution in [0.3, 0.4) is 0 Å². The van der Waals surface area contributed by atoms with Crippen LogP contribution >= 0.6 is 0 Å². The second-order valence-corrected chi connectivity index (χ2v) is 11.2. The molecular weight excluding hydrogens is 508 g/mol. The highest BCUT2D eigenvalue weighted by Gasteiger charge is 2.31. The molecule has 10 nitrogen and oxygen atoms in total. The normalized spacial score (nSPS) is 13.2. The van der Waals surface area contributed by atoms with Crippen molar-refractivity contribution in [1.82, 2.24) is 19.6 Å². The van der Waals surface area contributed by atoms with Crippen LogP contribution in [0.25, 0.3) is 0 Å². The van der Waals surface area contributed by atoms with E-state index in [2.05, 4.69) is 15.3 Å². The van der Waals surface area contributed by atoms with E-state index >= 15 is 0 Å². The first kappa shape index (κ1) is 29.0. The van der Waals surface area contributed by atoms with Crippen LogP contribution in [0.15, 0.2) is 78.2 Å². The molecule has 11 heteroatoms. The third kappa shape index (κ3) is 8.51. The number of aliphatic hydroxyl groups is 1. The number of carbonyl (C=O) groups is 1. The summed E-state index contributed by atoms with van der Waals surface area (Å²) in [6.07, 6.45) is 2.73. The monoisotopic (exact) mass is 542 g/mol. The van der Waals surface area contributed by atoms with Crippen LogP contribution in [0, 0.1) is 5.92 Å². The second kappa shape index (κ2) is 13.8. The molecule has 0 saturated heterocycles. The lowest BCUT2D eigenvalue weighted by Gasteiger charge is -2.30. The van der Waals surface area contributed by atoms with Crippen molar-refractivity contribution in [2.45, 2.75) is 43.9 Å². The molecule has 2 atom stereocenters. The molecule has 1 aromatic heterocycles. The van der Waals surface area contributed by atoms with Crippen LogP contribution in [-0.2, 0) is 27.8 Å². The van der Waals surface area contributed by atoms with Crippen LogP contribution in [0.1, 0.15) is 25.0 Å². The number of methoxy groups -OCH3 is 1. The van der Waals surface area contributed by atoms with Gasteiger partial charge < -0.3 is 19.9 Å². The molecule has 0 bridgehead atoms. The van der Waals surface area contributed by atoms with Gasteiger partial charge in [-0.15, -0.1) is 0 Å². The smallest absolute Gasteiger partial charge is 0.407 e. The van der Waals surface area contributed by atoms with E-state index in [1.165, 1.54) is 42.3 Å². The van der Waals surface area contributed by atoms with Gasteiger partial charge >= 0.3 is 6.09 Å². The van der Waals surface area contributed by atoms with E-state index in [1.807, 2.05) is 44.2 Å². The van der Waals surface area contributed by atoms with E-state index in [0.29, 0.717) is 11.3 Å². The number of alkyl carbamates (subject to hydrolysis) is 1. The Morgan fingerprint density at radius 3 is 2.26 bits per heavy atom. The van der Waals surface area contributed by atoms with Gasteiger partial charge in [0.15, 0.2) is 0 Å². The first-order valence-electron chi connectivity index (χ1n) is 12.2. The Morgan fingerprint density at radius 1 is 1.00 bits per heavy atom. The molecule has 2 unspecified atom stereocenters. The summed E-state index contributed by atoms with van der Waals surface area (Å²) >= 11 is 0. The van der Waals surface area contributed by atoms with Gasteiger partial charge in [0.1, 0.15) is 18.7 Å². The minimum absolute atomic E-state index is 0.00573. The van der Waals surface area contributed by atoms with Crippen molar-refractivity contribution < 1.29 is 27.8 Å². The number of aromatic nitrogens is 2. The third-order valence-corrected chi connectivity index (χ3v) is 7.55. The summed E-state index contributed by atoms with van der Waals surface area (Å²) in [5.74, 6) is 0.529. The van der Waals surface area contributed by atoms with Gasteiger partial charge in [0.25, 0.3) is 0 Å². The predicted molar refractivity (Wildman–Crippen MR) is 142 cm³/mol. The summed E-state index contributed by atoms with van der Waals surface area (Å²) in [7, 11) is -2.43. The molecule has 0 spiro atoms. The topological polar surface area (TPSA) is 131 Å². The second-order valence-electron chi connectivity index (χ2n) is 9.22. The van der Waals surface area contributed by atoms with Gasteiger partial charge in [-0.2, -0.15) is 4.31 Å². The van der Waals surface area contributed by atoms with E-state index in [-0.39, 0.29) is 36.9 Å². The maximum absolute atomic E-state index is 13.5. The molecule has 0 radical (unpaired) electrons. The van der Waals surface area contributed by atoms with Crippen molar-refractivity contribution in [3.63, 3.8) is 0 Å². The maximum atomic E-state index is 13.5. The molecule has 0 saturated carbocycles. The quantitative estimate of drug-likeness (QED) is 0.337. The summed E-state index contributed by atoms with van der Waals surface area (Å²) in [4.78, 5) is 20.5. The summed E-state index contributed by atoms with van der Waals surface area (Å²) < 4.78 is 38.7. The number of hydrogen-bond donors (Lipinski definition) is 2. The molecule has 0 aliphatic carbocycles. The zero-order valence-corrected chi connectivity index (χ0v) is 22.5. The van der Waals surface area contributed by atoms with Crippen molar-refractivity contribution in [3.8, 4) is 5.75 Å². The fourth-order valence-corrected chi connectivity index (χ4v) is 5.43. The Labute approximate surface area is 223 Å². The number of carbonyl (C=O) groups excluding carboxylic acids is 1. The van der Waals surface area contributed by atoms with E-state index in [0.717, 1.165) is 5.56 Å². The van der Waals surface area contributed by atoms with Gasteiger partial charge in [-0.05, 0) is 42.2 Å². The predicted octanol–water partition coefficient (Wildman–Crippen LogP) is 3.03. The van der Waals surface area contributed by atoms with Gasteiger partial charge in [-0.3, -0.25) is 0 Å². The van der Waals surface area contributed by atoms with Crippen molar-refractivity contribution in [3.05, 3.63) is 84.4 Å². The highest BCUT2D eigenvalue weighted by atomic mass is 32.2. The average molecular weight is 543 g/mol.